The first kappa shape index (κ1) is 17.1. The molecule has 5 nitrogen and oxygen atoms in total. The van der Waals surface area contributed by atoms with Gasteiger partial charge in [-0.3, -0.25) is 9.59 Å². The lowest BCUT2D eigenvalue weighted by atomic mass is 10.0. The van der Waals surface area contributed by atoms with Crippen LogP contribution in [-0.4, -0.2) is 26.1 Å². The molecule has 0 radical (unpaired) electrons. The van der Waals surface area contributed by atoms with E-state index in [2.05, 4.69) is 17.5 Å². The molecular weight excluding hydrogens is 294 g/mol. The molecule has 1 aromatic rings. The average Bonchev–Trinajstić information content (AvgIpc) is 3.07. The maximum Gasteiger partial charge on any atom is 0.307 e. The van der Waals surface area contributed by atoms with E-state index >= 15 is 0 Å². The van der Waals surface area contributed by atoms with E-state index in [9.17, 15) is 9.59 Å². The predicted molar refractivity (Wildman–Crippen MR) is 87.0 cm³/mol. The molecular formula is C18H23NO4. The first-order chi connectivity index (χ1) is 11.1. The van der Waals surface area contributed by atoms with Gasteiger partial charge in [-0.15, -0.1) is 0 Å². The number of hydrogen-bond donors (Lipinski definition) is 1. The van der Waals surface area contributed by atoms with Crippen molar-refractivity contribution in [3.8, 4) is 5.75 Å². The van der Waals surface area contributed by atoms with Gasteiger partial charge in [0.25, 0.3) is 0 Å². The summed E-state index contributed by atoms with van der Waals surface area (Å²) in [7, 11) is 2.94. The first-order valence-electron chi connectivity index (χ1n) is 7.79. The second-order valence-corrected chi connectivity index (χ2v) is 5.64. The number of carbonyl (C=O) groups is 2. The fraction of sp³-hybridized carbons (Fsp3) is 0.444. The lowest BCUT2D eigenvalue weighted by molar-refractivity contribution is -0.141. The Labute approximate surface area is 136 Å². The highest BCUT2D eigenvalue weighted by Crippen LogP contribution is 2.23. The number of benzene rings is 1. The van der Waals surface area contributed by atoms with E-state index in [4.69, 9.17) is 9.47 Å². The molecule has 1 N–H and O–H groups in total. The van der Waals surface area contributed by atoms with Crippen LogP contribution in [0.4, 0.5) is 0 Å². The highest BCUT2D eigenvalue weighted by Gasteiger charge is 2.21. The second kappa shape index (κ2) is 8.36. The molecule has 23 heavy (non-hydrogen) atoms. The molecule has 1 aliphatic rings. The molecule has 2 unspecified atom stereocenters. The van der Waals surface area contributed by atoms with Gasteiger partial charge < -0.3 is 14.8 Å². The molecule has 1 aliphatic carbocycles. The van der Waals surface area contributed by atoms with Crippen LogP contribution in [0.2, 0.25) is 0 Å². The number of amides is 1. The van der Waals surface area contributed by atoms with Crippen LogP contribution >= 0.6 is 0 Å². The molecule has 0 fully saturated rings. The quantitative estimate of drug-likeness (QED) is 0.620. The van der Waals surface area contributed by atoms with Crippen LogP contribution in [0, 0.1) is 5.92 Å². The summed E-state index contributed by atoms with van der Waals surface area (Å²) < 4.78 is 9.87. The molecule has 5 heteroatoms. The Hall–Kier alpha value is -2.30. The Morgan fingerprint density at radius 1 is 1.26 bits per heavy atom. The van der Waals surface area contributed by atoms with Gasteiger partial charge in [0.1, 0.15) is 5.75 Å². The van der Waals surface area contributed by atoms with Crippen LogP contribution in [0.15, 0.2) is 36.4 Å². The van der Waals surface area contributed by atoms with Crippen molar-refractivity contribution in [2.45, 2.75) is 31.7 Å². The minimum absolute atomic E-state index is 0.0497. The summed E-state index contributed by atoms with van der Waals surface area (Å²) in [5.41, 5.74) is 0.853. The number of methoxy groups -OCH3 is 2. The van der Waals surface area contributed by atoms with Crippen LogP contribution in [0.25, 0.3) is 0 Å². The third-order valence-corrected chi connectivity index (χ3v) is 4.01. The molecule has 124 valence electrons. The summed E-state index contributed by atoms with van der Waals surface area (Å²) in [5, 5.41) is 2.95. The van der Waals surface area contributed by atoms with Crippen LogP contribution in [0.1, 0.15) is 37.3 Å². The Balaban J connectivity index is 2.04. The van der Waals surface area contributed by atoms with Gasteiger partial charge in [0.15, 0.2) is 0 Å². The van der Waals surface area contributed by atoms with Gasteiger partial charge >= 0.3 is 5.97 Å². The van der Waals surface area contributed by atoms with E-state index in [1.54, 1.807) is 7.11 Å². The summed E-state index contributed by atoms with van der Waals surface area (Å²) in [6.45, 7) is 0. The maximum absolute atomic E-state index is 12.3. The van der Waals surface area contributed by atoms with Crippen molar-refractivity contribution < 1.29 is 19.1 Å². The normalized spacial score (nSPS) is 17.6. The third-order valence-electron chi connectivity index (χ3n) is 4.01. The summed E-state index contributed by atoms with van der Waals surface area (Å²) in [6.07, 6.45) is 6.79. The summed E-state index contributed by atoms with van der Waals surface area (Å²) in [6, 6.07) is 6.92. The van der Waals surface area contributed by atoms with Crippen LogP contribution in [-0.2, 0) is 14.3 Å². The SMILES string of the molecule is COC(=O)CC(NC(=O)CC1C=CCC1)c1ccc(OC)cc1. The lowest BCUT2D eigenvalue weighted by Gasteiger charge is -2.19. The minimum Gasteiger partial charge on any atom is -0.497 e. The Morgan fingerprint density at radius 2 is 2.00 bits per heavy atom. The molecule has 0 aliphatic heterocycles. The largest absolute Gasteiger partial charge is 0.497 e. The zero-order valence-electron chi connectivity index (χ0n) is 13.6. The van der Waals surface area contributed by atoms with E-state index in [1.807, 2.05) is 24.3 Å². The van der Waals surface area contributed by atoms with Gasteiger partial charge in [0, 0.05) is 6.42 Å². The molecule has 1 amide bonds. The Kier molecular flexibility index (Phi) is 6.20. The summed E-state index contributed by atoms with van der Waals surface area (Å²) >= 11 is 0. The minimum atomic E-state index is -0.397. The number of hydrogen-bond acceptors (Lipinski definition) is 4. The third kappa shape index (κ3) is 5.13. The molecule has 2 atom stereocenters. The van der Waals surface area contributed by atoms with Crippen LogP contribution in [0.3, 0.4) is 0 Å². The molecule has 0 heterocycles. The van der Waals surface area contributed by atoms with Crippen molar-refractivity contribution in [3.05, 3.63) is 42.0 Å². The maximum atomic E-state index is 12.3. The molecule has 1 aromatic carbocycles. The van der Waals surface area contributed by atoms with Crippen molar-refractivity contribution in [1.82, 2.24) is 5.32 Å². The van der Waals surface area contributed by atoms with Gasteiger partial charge in [0.05, 0.1) is 26.7 Å². The topological polar surface area (TPSA) is 64.6 Å². The first-order valence-corrected chi connectivity index (χ1v) is 7.79. The second-order valence-electron chi connectivity index (χ2n) is 5.64. The van der Waals surface area contributed by atoms with E-state index < -0.39 is 6.04 Å². The summed E-state index contributed by atoms with van der Waals surface area (Å²) in [5.74, 6) is 0.621. The monoisotopic (exact) mass is 317 g/mol. The van der Waals surface area contributed by atoms with Crippen molar-refractivity contribution in [1.29, 1.82) is 0 Å². The predicted octanol–water partition coefficient (Wildman–Crippen LogP) is 2.77. The standard InChI is InChI=1S/C18H23NO4/c1-22-15-9-7-14(8-10-15)16(12-18(21)23-2)19-17(20)11-13-5-3-4-6-13/h3,5,7-10,13,16H,4,6,11-12H2,1-2H3,(H,19,20). The van der Waals surface area contributed by atoms with E-state index in [0.717, 1.165) is 24.2 Å². The number of esters is 1. The highest BCUT2D eigenvalue weighted by molar-refractivity contribution is 5.78. The van der Waals surface area contributed by atoms with Crippen molar-refractivity contribution in [3.63, 3.8) is 0 Å². The van der Waals surface area contributed by atoms with Gasteiger partial charge in [-0.05, 0) is 36.5 Å². The molecule has 0 bridgehead atoms. The van der Waals surface area contributed by atoms with Gasteiger partial charge in [-0.1, -0.05) is 24.3 Å². The van der Waals surface area contributed by atoms with Gasteiger partial charge in [-0.2, -0.15) is 0 Å². The van der Waals surface area contributed by atoms with Crippen LogP contribution in [0.5, 0.6) is 5.75 Å². The number of allylic oxidation sites excluding steroid dienone is 2. The highest BCUT2D eigenvalue weighted by atomic mass is 16.5. The van der Waals surface area contributed by atoms with E-state index in [0.29, 0.717) is 12.3 Å². The lowest BCUT2D eigenvalue weighted by Crippen LogP contribution is -2.31. The van der Waals surface area contributed by atoms with Gasteiger partial charge in [-0.25, -0.2) is 0 Å². The van der Waals surface area contributed by atoms with Crippen molar-refractivity contribution >= 4 is 11.9 Å². The average molecular weight is 317 g/mol. The molecule has 2 rings (SSSR count). The fourth-order valence-corrected chi connectivity index (χ4v) is 2.70. The summed E-state index contributed by atoms with van der Waals surface area (Å²) in [4.78, 5) is 23.9. The number of rotatable bonds is 7. The molecule has 0 aromatic heterocycles. The molecule has 0 saturated carbocycles. The molecule has 0 saturated heterocycles. The zero-order valence-corrected chi connectivity index (χ0v) is 13.6. The van der Waals surface area contributed by atoms with Gasteiger partial charge in [0.2, 0.25) is 5.91 Å². The number of carbonyl (C=O) groups excluding carboxylic acids is 2. The van der Waals surface area contributed by atoms with Crippen molar-refractivity contribution in [2.24, 2.45) is 5.92 Å². The van der Waals surface area contributed by atoms with E-state index in [-0.39, 0.29) is 18.3 Å². The number of ether oxygens (including phenoxy) is 2. The zero-order chi connectivity index (χ0) is 16.7. The molecule has 0 spiro atoms. The number of nitrogens with one attached hydrogen (secondary N) is 1. The van der Waals surface area contributed by atoms with Crippen molar-refractivity contribution in [2.75, 3.05) is 14.2 Å². The fourth-order valence-electron chi connectivity index (χ4n) is 2.70. The Morgan fingerprint density at radius 3 is 2.57 bits per heavy atom. The van der Waals surface area contributed by atoms with E-state index in [1.165, 1.54) is 7.11 Å². The Bertz CT molecular complexity index is 565. The van der Waals surface area contributed by atoms with Crippen LogP contribution < -0.4 is 10.1 Å². The smallest absolute Gasteiger partial charge is 0.307 e.